The van der Waals surface area contributed by atoms with E-state index >= 15 is 0 Å². The van der Waals surface area contributed by atoms with Crippen molar-refractivity contribution in [3.63, 3.8) is 0 Å². The molecule has 1 saturated carbocycles. The number of nitrogens with zero attached hydrogens (tertiary/aromatic N) is 1. The van der Waals surface area contributed by atoms with Gasteiger partial charge in [-0.3, -0.25) is 0 Å². The number of benzene rings is 1. The molecule has 2 fully saturated rings. The van der Waals surface area contributed by atoms with Crippen molar-refractivity contribution in [2.24, 2.45) is 17.3 Å². The summed E-state index contributed by atoms with van der Waals surface area (Å²) in [6, 6.07) is 10.5. The van der Waals surface area contributed by atoms with E-state index in [1.165, 1.54) is 50.9 Å². The zero-order chi connectivity index (χ0) is 15.4. The first-order valence-corrected chi connectivity index (χ1v) is 9.00. The lowest BCUT2D eigenvalue weighted by atomic mass is 9.54. The first-order chi connectivity index (χ1) is 10.7. The molecule has 0 amide bonds. The van der Waals surface area contributed by atoms with Crippen LogP contribution in [0.4, 0.5) is 0 Å². The van der Waals surface area contributed by atoms with Gasteiger partial charge in [0.15, 0.2) is 0 Å². The largest absolute Gasteiger partial charge is 0.377 e. The summed E-state index contributed by atoms with van der Waals surface area (Å²) in [6.07, 6.45) is 5.43. The van der Waals surface area contributed by atoms with E-state index in [1.807, 2.05) is 0 Å². The van der Waals surface area contributed by atoms with E-state index < -0.39 is 0 Å². The molecule has 1 saturated heterocycles. The van der Waals surface area contributed by atoms with Crippen LogP contribution < -0.4 is 0 Å². The summed E-state index contributed by atoms with van der Waals surface area (Å²) in [7, 11) is 0. The smallest absolute Gasteiger partial charge is 0.0716 e. The third kappa shape index (κ3) is 3.72. The molecule has 2 nitrogen and oxygen atoms in total. The molecule has 1 aromatic rings. The van der Waals surface area contributed by atoms with Gasteiger partial charge in [0.25, 0.3) is 0 Å². The standard InChI is InChI=1S/C20H31NO/c1-20(2)18(14-19(20)15-21-11-6-7-12-21)10-13-22-16-17-8-4-3-5-9-17/h3-5,8-9,18-19H,6-7,10-16H2,1-2H3/t18-,19-/m0/s1. The molecule has 1 heterocycles. The Morgan fingerprint density at radius 3 is 2.50 bits per heavy atom. The van der Waals surface area contributed by atoms with Crippen molar-refractivity contribution >= 4 is 0 Å². The molecule has 1 aliphatic carbocycles. The molecule has 0 N–H and O–H groups in total. The van der Waals surface area contributed by atoms with E-state index in [1.54, 1.807) is 0 Å². The monoisotopic (exact) mass is 301 g/mol. The fraction of sp³-hybridized carbons (Fsp3) is 0.700. The zero-order valence-corrected chi connectivity index (χ0v) is 14.3. The maximum atomic E-state index is 5.88. The van der Waals surface area contributed by atoms with Gasteiger partial charge in [0.05, 0.1) is 6.61 Å². The van der Waals surface area contributed by atoms with E-state index in [9.17, 15) is 0 Å². The molecule has 22 heavy (non-hydrogen) atoms. The quantitative estimate of drug-likeness (QED) is 0.694. The van der Waals surface area contributed by atoms with Gasteiger partial charge in [0, 0.05) is 13.2 Å². The highest BCUT2D eigenvalue weighted by Crippen LogP contribution is 2.53. The lowest BCUT2D eigenvalue weighted by Gasteiger charge is -2.53. The van der Waals surface area contributed by atoms with Gasteiger partial charge >= 0.3 is 0 Å². The third-order valence-corrected chi connectivity index (χ3v) is 6.07. The third-order valence-electron chi connectivity index (χ3n) is 6.07. The van der Waals surface area contributed by atoms with Gasteiger partial charge in [-0.2, -0.15) is 0 Å². The fourth-order valence-electron chi connectivity index (χ4n) is 4.19. The highest BCUT2D eigenvalue weighted by atomic mass is 16.5. The first-order valence-electron chi connectivity index (χ1n) is 9.00. The van der Waals surface area contributed by atoms with Crippen molar-refractivity contribution < 1.29 is 4.74 Å². The van der Waals surface area contributed by atoms with Crippen LogP contribution in [-0.2, 0) is 11.3 Å². The number of ether oxygens (including phenoxy) is 1. The molecule has 0 spiro atoms. The van der Waals surface area contributed by atoms with Gasteiger partial charge in [-0.05, 0) is 61.6 Å². The van der Waals surface area contributed by atoms with Crippen molar-refractivity contribution in [2.75, 3.05) is 26.2 Å². The number of hydrogen-bond donors (Lipinski definition) is 0. The van der Waals surface area contributed by atoms with E-state index in [0.29, 0.717) is 5.41 Å². The maximum Gasteiger partial charge on any atom is 0.0716 e. The summed E-state index contributed by atoms with van der Waals surface area (Å²) in [6.45, 7) is 10.6. The summed E-state index contributed by atoms with van der Waals surface area (Å²) in [4.78, 5) is 2.68. The van der Waals surface area contributed by atoms with Crippen LogP contribution in [-0.4, -0.2) is 31.1 Å². The molecule has 0 aromatic heterocycles. The lowest BCUT2D eigenvalue weighted by molar-refractivity contribution is -0.0548. The second-order valence-electron chi connectivity index (χ2n) is 7.79. The molecule has 0 radical (unpaired) electrons. The van der Waals surface area contributed by atoms with Crippen molar-refractivity contribution in [3.8, 4) is 0 Å². The van der Waals surface area contributed by atoms with Gasteiger partial charge in [0.1, 0.15) is 0 Å². The van der Waals surface area contributed by atoms with Gasteiger partial charge in [-0.15, -0.1) is 0 Å². The highest BCUT2D eigenvalue weighted by molar-refractivity contribution is 5.13. The molecule has 3 rings (SSSR count). The predicted octanol–water partition coefficient (Wildman–Crippen LogP) is 4.35. The van der Waals surface area contributed by atoms with Crippen LogP contribution in [0.1, 0.15) is 45.1 Å². The Balaban J connectivity index is 1.35. The van der Waals surface area contributed by atoms with Gasteiger partial charge < -0.3 is 9.64 Å². The maximum absolute atomic E-state index is 5.88. The van der Waals surface area contributed by atoms with E-state index in [2.05, 4.69) is 49.1 Å². The predicted molar refractivity (Wildman–Crippen MR) is 91.8 cm³/mol. The van der Waals surface area contributed by atoms with Crippen LogP contribution in [0.3, 0.4) is 0 Å². The van der Waals surface area contributed by atoms with Crippen molar-refractivity contribution in [3.05, 3.63) is 35.9 Å². The molecular weight excluding hydrogens is 270 g/mol. The lowest BCUT2D eigenvalue weighted by Crippen LogP contribution is -2.50. The van der Waals surface area contributed by atoms with Crippen LogP contribution in [0.5, 0.6) is 0 Å². The van der Waals surface area contributed by atoms with Crippen LogP contribution in [0.25, 0.3) is 0 Å². The molecule has 1 aromatic carbocycles. The van der Waals surface area contributed by atoms with Crippen LogP contribution in [0.2, 0.25) is 0 Å². The summed E-state index contributed by atoms with van der Waals surface area (Å²) < 4.78 is 5.88. The van der Waals surface area contributed by atoms with Crippen molar-refractivity contribution in [1.82, 2.24) is 4.90 Å². The Morgan fingerprint density at radius 1 is 1.09 bits per heavy atom. The summed E-state index contributed by atoms with van der Waals surface area (Å²) in [5, 5.41) is 0. The van der Waals surface area contributed by atoms with Crippen molar-refractivity contribution in [2.45, 2.75) is 46.1 Å². The second-order valence-corrected chi connectivity index (χ2v) is 7.79. The Hall–Kier alpha value is -0.860. The van der Waals surface area contributed by atoms with Gasteiger partial charge in [-0.1, -0.05) is 44.2 Å². The normalized spacial score (nSPS) is 27.7. The first kappa shape index (κ1) is 16.0. The minimum Gasteiger partial charge on any atom is -0.377 e. The topological polar surface area (TPSA) is 12.5 Å². The molecule has 0 unspecified atom stereocenters. The Kier molecular flexibility index (Phi) is 5.20. The minimum atomic E-state index is 0.499. The summed E-state index contributed by atoms with van der Waals surface area (Å²) in [5.41, 5.74) is 1.78. The van der Waals surface area contributed by atoms with Crippen LogP contribution in [0, 0.1) is 17.3 Å². The number of hydrogen-bond acceptors (Lipinski definition) is 2. The van der Waals surface area contributed by atoms with E-state index in [-0.39, 0.29) is 0 Å². The van der Waals surface area contributed by atoms with Crippen molar-refractivity contribution in [1.29, 1.82) is 0 Å². The Labute approximate surface area is 135 Å². The SMILES string of the molecule is CC1(C)[C@@H](CCOCc2ccccc2)C[C@H]1CN1CCCC1. The molecule has 122 valence electrons. The highest BCUT2D eigenvalue weighted by Gasteiger charge is 2.47. The average Bonchev–Trinajstić information content (AvgIpc) is 3.03. The fourth-order valence-corrected chi connectivity index (χ4v) is 4.19. The van der Waals surface area contributed by atoms with E-state index in [4.69, 9.17) is 4.74 Å². The van der Waals surface area contributed by atoms with Gasteiger partial charge in [0.2, 0.25) is 0 Å². The molecule has 2 atom stereocenters. The Bertz CT molecular complexity index is 450. The molecule has 2 aliphatic rings. The Morgan fingerprint density at radius 2 is 1.82 bits per heavy atom. The molecular formula is C20H31NO. The van der Waals surface area contributed by atoms with Gasteiger partial charge in [-0.25, -0.2) is 0 Å². The molecule has 1 aliphatic heterocycles. The average molecular weight is 301 g/mol. The summed E-state index contributed by atoms with van der Waals surface area (Å²) in [5.74, 6) is 1.74. The van der Waals surface area contributed by atoms with Crippen LogP contribution >= 0.6 is 0 Å². The second kappa shape index (κ2) is 7.14. The molecule has 2 heteroatoms. The molecule has 0 bridgehead atoms. The minimum absolute atomic E-state index is 0.499. The number of rotatable bonds is 7. The van der Waals surface area contributed by atoms with E-state index in [0.717, 1.165) is 25.0 Å². The van der Waals surface area contributed by atoms with Crippen LogP contribution in [0.15, 0.2) is 30.3 Å². The summed E-state index contributed by atoms with van der Waals surface area (Å²) >= 11 is 0. The number of likely N-dealkylation sites (tertiary alicyclic amines) is 1. The zero-order valence-electron chi connectivity index (χ0n) is 14.3.